The van der Waals surface area contributed by atoms with E-state index in [4.69, 9.17) is 20.7 Å². The average molecular weight is 302 g/mol. The van der Waals surface area contributed by atoms with Gasteiger partial charge in [-0.25, -0.2) is 8.42 Å². The van der Waals surface area contributed by atoms with E-state index < -0.39 is 15.2 Å². The van der Waals surface area contributed by atoms with Crippen LogP contribution in [0.5, 0.6) is 5.75 Å². The Balaban J connectivity index is 3.24. The Morgan fingerprint density at radius 1 is 1.42 bits per heavy atom. The number of halogens is 1. The van der Waals surface area contributed by atoms with Gasteiger partial charge in [-0.3, -0.25) is 0 Å². The summed E-state index contributed by atoms with van der Waals surface area (Å²) in [4.78, 5) is 0.0372. The lowest BCUT2D eigenvalue weighted by atomic mass is 10.0. The summed E-state index contributed by atoms with van der Waals surface area (Å²) in [5.41, 5.74) is 0.718. The molecule has 1 rings (SSSR count). The van der Waals surface area contributed by atoms with Crippen LogP contribution < -0.4 is 4.74 Å². The maximum absolute atomic E-state index is 11.3. The molecule has 0 saturated carbocycles. The number of benzene rings is 1. The highest BCUT2D eigenvalue weighted by Crippen LogP contribution is 2.31. The maximum atomic E-state index is 11.3. The van der Waals surface area contributed by atoms with E-state index in [2.05, 4.69) is 0 Å². The van der Waals surface area contributed by atoms with Gasteiger partial charge in [0.1, 0.15) is 11.8 Å². The highest BCUT2D eigenvalue weighted by Gasteiger charge is 2.17. The van der Waals surface area contributed by atoms with Gasteiger partial charge in [0.25, 0.3) is 9.05 Å². The Bertz CT molecular complexity index is 590. The van der Waals surface area contributed by atoms with Gasteiger partial charge < -0.3 is 4.74 Å². The second-order valence-electron chi connectivity index (χ2n) is 4.44. The predicted molar refractivity (Wildman–Crippen MR) is 73.9 cm³/mol. The van der Waals surface area contributed by atoms with Gasteiger partial charge in [-0.2, -0.15) is 5.26 Å². The molecule has 0 bridgehead atoms. The highest BCUT2D eigenvalue weighted by atomic mass is 35.7. The molecule has 4 nitrogen and oxygen atoms in total. The van der Waals surface area contributed by atoms with Crippen LogP contribution in [0.3, 0.4) is 0 Å². The van der Waals surface area contributed by atoms with Crippen LogP contribution in [0, 0.1) is 11.3 Å². The van der Waals surface area contributed by atoms with E-state index in [1.165, 1.54) is 12.1 Å². The fourth-order valence-electron chi connectivity index (χ4n) is 1.59. The second kappa shape index (κ2) is 6.27. The molecule has 6 heteroatoms. The predicted octanol–water partition coefficient (Wildman–Crippen LogP) is 3.42. The van der Waals surface area contributed by atoms with Crippen molar-refractivity contribution in [3.63, 3.8) is 0 Å². The number of rotatable bonds is 5. The van der Waals surface area contributed by atoms with Gasteiger partial charge in [-0.15, -0.1) is 0 Å². The molecular weight excluding hydrogens is 286 g/mol. The molecule has 1 unspecified atom stereocenters. The summed E-state index contributed by atoms with van der Waals surface area (Å²) in [5.74, 6) is 0.581. The van der Waals surface area contributed by atoms with Crippen LogP contribution in [0.15, 0.2) is 23.1 Å². The van der Waals surface area contributed by atoms with Gasteiger partial charge in [0.2, 0.25) is 0 Å². The van der Waals surface area contributed by atoms with Gasteiger partial charge in [0.15, 0.2) is 6.10 Å². The molecule has 0 heterocycles. The zero-order chi connectivity index (χ0) is 14.6. The van der Waals surface area contributed by atoms with Crippen molar-refractivity contribution < 1.29 is 13.2 Å². The molecule has 1 aromatic carbocycles. The third kappa shape index (κ3) is 4.12. The van der Waals surface area contributed by atoms with Gasteiger partial charge in [-0.1, -0.05) is 20.8 Å². The molecule has 0 aromatic heterocycles. The van der Waals surface area contributed by atoms with Crippen molar-refractivity contribution in [3.8, 4) is 11.8 Å². The van der Waals surface area contributed by atoms with Crippen molar-refractivity contribution in [3.05, 3.63) is 23.8 Å². The average Bonchev–Trinajstić information content (AvgIpc) is 2.34. The third-order valence-corrected chi connectivity index (χ3v) is 4.02. The van der Waals surface area contributed by atoms with Gasteiger partial charge >= 0.3 is 0 Å². The molecule has 0 spiro atoms. The molecular formula is C13H16ClNO3S. The smallest absolute Gasteiger partial charge is 0.261 e. The van der Waals surface area contributed by atoms with Gasteiger partial charge in [-0.05, 0) is 36.1 Å². The van der Waals surface area contributed by atoms with Crippen LogP contribution in [0.4, 0.5) is 0 Å². The van der Waals surface area contributed by atoms with Gasteiger partial charge in [0, 0.05) is 10.7 Å². The number of hydrogen-bond donors (Lipinski definition) is 0. The molecule has 104 valence electrons. The summed E-state index contributed by atoms with van der Waals surface area (Å²) >= 11 is 0. The van der Waals surface area contributed by atoms with Crippen molar-refractivity contribution in [2.75, 3.05) is 0 Å². The summed E-state index contributed by atoms with van der Waals surface area (Å²) in [6.45, 7) is 5.68. The van der Waals surface area contributed by atoms with Crippen LogP contribution in [-0.4, -0.2) is 14.5 Å². The molecule has 0 aliphatic heterocycles. The zero-order valence-electron chi connectivity index (χ0n) is 11.1. The summed E-state index contributed by atoms with van der Waals surface area (Å²) in [7, 11) is 1.56. The number of nitriles is 1. The van der Waals surface area contributed by atoms with Crippen molar-refractivity contribution in [2.45, 2.75) is 44.1 Å². The van der Waals surface area contributed by atoms with E-state index in [1.807, 2.05) is 26.8 Å². The first-order valence-corrected chi connectivity index (χ1v) is 8.25. The fraction of sp³-hybridized carbons (Fsp3) is 0.462. The quantitative estimate of drug-likeness (QED) is 0.782. The lowest BCUT2D eigenvalue weighted by Crippen LogP contribution is -2.14. The number of nitrogens with zero attached hydrogens (tertiary/aromatic N) is 1. The van der Waals surface area contributed by atoms with Crippen molar-refractivity contribution in [1.82, 2.24) is 0 Å². The summed E-state index contributed by atoms with van der Waals surface area (Å²) in [5, 5.41) is 8.91. The van der Waals surface area contributed by atoms with E-state index in [9.17, 15) is 8.42 Å². The first-order valence-electron chi connectivity index (χ1n) is 5.94. The number of ether oxygens (including phenoxy) is 1. The Kier molecular flexibility index (Phi) is 5.21. The first-order chi connectivity index (χ1) is 8.79. The fourth-order valence-corrected chi connectivity index (χ4v) is 2.38. The molecule has 0 amide bonds. The zero-order valence-corrected chi connectivity index (χ0v) is 12.6. The molecule has 19 heavy (non-hydrogen) atoms. The van der Waals surface area contributed by atoms with Crippen LogP contribution in [0.2, 0.25) is 0 Å². The van der Waals surface area contributed by atoms with E-state index in [-0.39, 0.29) is 10.8 Å². The Hall–Kier alpha value is -1.25. The van der Waals surface area contributed by atoms with Crippen molar-refractivity contribution in [1.29, 1.82) is 5.26 Å². The van der Waals surface area contributed by atoms with E-state index in [0.29, 0.717) is 12.2 Å². The molecule has 0 radical (unpaired) electrons. The largest absolute Gasteiger partial charge is 0.475 e. The molecule has 1 atom stereocenters. The first kappa shape index (κ1) is 15.8. The maximum Gasteiger partial charge on any atom is 0.261 e. The van der Waals surface area contributed by atoms with Crippen LogP contribution in [0.1, 0.15) is 38.7 Å². The molecule has 0 saturated heterocycles. The van der Waals surface area contributed by atoms with Crippen molar-refractivity contribution in [2.24, 2.45) is 0 Å². The number of hydrogen-bond acceptors (Lipinski definition) is 4. The normalized spacial score (nSPS) is 13.1. The van der Waals surface area contributed by atoms with E-state index in [0.717, 1.165) is 5.56 Å². The summed E-state index contributed by atoms with van der Waals surface area (Å²) in [6, 6.07) is 6.47. The summed E-state index contributed by atoms with van der Waals surface area (Å²) in [6.07, 6.45) is 0.0137. The second-order valence-corrected chi connectivity index (χ2v) is 7.00. The van der Waals surface area contributed by atoms with Crippen LogP contribution >= 0.6 is 10.7 Å². The lowest BCUT2D eigenvalue weighted by molar-refractivity contribution is 0.248. The van der Waals surface area contributed by atoms with Crippen molar-refractivity contribution >= 4 is 19.7 Å². The molecule has 0 N–H and O–H groups in total. The standard InChI is InChI=1S/C13H16ClNO3S/c1-4-10(8-15)18-13-6-5-11(19(14,16)17)7-12(13)9(2)3/h5-7,9-10H,4H2,1-3H3. The van der Waals surface area contributed by atoms with E-state index >= 15 is 0 Å². The third-order valence-electron chi connectivity index (χ3n) is 2.67. The van der Waals surface area contributed by atoms with E-state index in [1.54, 1.807) is 6.07 Å². The Morgan fingerprint density at radius 2 is 2.05 bits per heavy atom. The van der Waals surface area contributed by atoms with Gasteiger partial charge in [0.05, 0.1) is 4.90 Å². The minimum atomic E-state index is -3.76. The lowest BCUT2D eigenvalue weighted by Gasteiger charge is -2.17. The SMILES string of the molecule is CCC(C#N)Oc1ccc(S(=O)(=O)Cl)cc1C(C)C. The Labute approximate surface area is 118 Å². The highest BCUT2D eigenvalue weighted by molar-refractivity contribution is 8.13. The minimum absolute atomic E-state index is 0.0372. The molecule has 0 aliphatic rings. The van der Waals surface area contributed by atoms with Crippen LogP contribution in [-0.2, 0) is 9.05 Å². The molecule has 0 fully saturated rings. The molecule has 0 aliphatic carbocycles. The topological polar surface area (TPSA) is 67.2 Å². The monoisotopic (exact) mass is 301 g/mol. The minimum Gasteiger partial charge on any atom is -0.475 e. The van der Waals surface area contributed by atoms with Crippen LogP contribution in [0.25, 0.3) is 0 Å². The summed E-state index contributed by atoms with van der Waals surface area (Å²) < 4.78 is 28.2. The Morgan fingerprint density at radius 3 is 2.47 bits per heavy atom. The molecule has 1 aromatic rings.